The Morgan fingerprint density at radius 1 is 1.39 bits per heavy atom. The molecule has 0 spiro atoms. The highest BCUT2D eigenvalue weighted by Crippen LogP contribution is 2.24. The standard InChI is InChI=1S/C13H12N2O3/c16-7-6-15-13(17)9-18-12-3-1-2-10-8-14-5-4-11(10)12/h1-5,7-8H,6,9H2,(H,15,17). The molecule has 5 heteroatoms. The number of aldehydes is 1. The molecule has 0 atom stereocenters. The molecule has 2 aromatic rings. The van der Waals surface area contributed by atoms with E-state index >= 15 is 0 Å². The summed E-state index contributed by atoms with van der Waals surface area (Å²) < 4.78 is 5.42. The molecule has 0 saturated heterocycles. The summed E-state index contributed by atoms with van der Waals surface area (Å²) in [4.78, 5) is 25.4. The van der Waals surface area contributed by atoms with Gasteiger partial charge in [-0.15, -0.1) is 0 Å². The Hall–Kier alpha value is -2.43. The van der Waals surface area contributed by atoms with Gasteiger partial charge in [0.05, 0.1) is 6.54 Å². The number of carbonyl (C=O) groups excluding carboxylic acids is 2. The molecule has 0 aliphatic carbocycles. The summed E-state index contributed by atoms with van der Waals surface area (Å²) >= 11 is 0. The van der Waals surface area contributed by atoms with Crippen LogP contribution in [0.1, 0.15) is 0 Å². The second kappa shape index (κ2) is 5.77. The number of aromatic nitrogens is 1. The molecular weight excluding hydrogens is 232 g/mol. The number of hydrogen-bond donors (Lipinski definition) is 1. The van der Waals surface area contributed by atoms with Crippen LogP contribution in [0.25, 0.3) is 10.8 Å². The van der Waals surface area contributed by atoms with Crippen molar-refractivity contribution in [3.8, 4) is 5.75 Å². The molecule has 1 N–H and O–H groups in total. The van der Waals surface area contributed by atoms with Crippen molar-refractivity contribution in [2.75, 3.05) is 13.2 Å². The molecule has 0 radical (unpaired) electrons. The van der Waals surface area contributed by atoms with Crippen molar-refractivity contribution < 1.29 is 14.3 Å². The maximum absolute atomic E-state index is 11.3. The van der Waals surface area contributed by atoms with Crippen molar-refractivity contribution in [3.63, 3.8) is 0 Å². The molecule has 2 rings (SSSR count). The zero-order valence-electron chi connectivity index (χ0n) is 9.63. The van der Waals surface area contributed by atoms with Gasteiger partial charge in [0, 0.05) is 23.2 Å². The van der Waals surface area contributed by atoms with E-state index in [1.54, 1.807) is 18.5 Å². The van der Waals surface area contributed by atoms with Gasteiger partial charge in [-0.2, -0.15) is 0 Å². The fourth-order valence-electron chi connectivity index (χ4n) is 1.57. The zero-order chi connectivity index (χ0) is 12.8. The minimum Gasteiger partial charge on any atom is -0.483 e. The molecular formula is C13H12N2O3. The van der Waals surface area contributed by atoms with Gasteiger partial charge in [-0.05, 0) is 12.1 Å². The molecule has 1 amide bonds. The number of amides is 1. The molecule has 0 fully saturated rings. The molecule has 18 heavy (non-hydrogen) atoms. The lowest BCUT2D eigenvalue weighted by Gasteiger charge is -2.08. The smallest absolute Gasteiger partial charge is 0.258 e. The van der Waals surface area contributed by atoms with E-state index in [-0.39, 0.29) is 19.1 Å². The summed E-state index contributed by atoms with van der Waals surface area (Å²) in [6.07, 6.45) is 4.03. The number of pyridine rings is 1. The van der Waals surface area contributed by atoms with Gasteiger partial charge in [0.2, 0.25) is 0 Å². The number of ether oxygens (including phenoxy) is 1. The predicted octanol–water partition coefficient (Wildman–Crippen LogP) is 0.929. The Balaban J connectivity index is 2.08. The third-order valence-electron chi connectivity index (χ3n) is 2.38. The summed E-state index contributed by atoms with van der Waals surface area (Å²) in [6.45, 7) is -0.114. The predicted molar refractivity (Wildman–Crippen MR) is 66.3 cm³/mol. The fourth-order valence-corrected chi connectivity index (χ4v) is 1.57. The lowest BCUT2D eigenvalue weighted by molar-refractivity contribution is -0.124. The van der Waals surface area contributed by atoms with Crippen LogP contribution in [0, 0.1) is 0 Å². The summed E-state index contributed by atoms with van der Waals surface area (Å²) in [5.41, 5.74) is 0. The number of fused-ring (bicyclic) bond motifs is 1. The van der Waals surface area contributed by atoms with E-state index in [1.165, 1.54) is 0 Å². The van der Waals surface area contributed by atoms with Crippen LogP contribution in [0.15, 0.2) is 36.7 Å². The molecule has 1 aromatic heterocycles. The lowest BCUT2D eigenvalue weighted by atomic mass is 10.1. The number of carbonyl (C=O) groups is 2. The van der Waals surface area contributed by atoms with Gasteiger partial charge in [0.15, 0.2) is 6.61 Å². The van der Waals surface area contributed by atoms with E-state index in [0.29, 0.717) is 12.0 Å². The fraction of sp³-hybridized carbons (Fsp3) is 0.154. The SMILES string of the molecule is O=CCNC(=O)COc1cccc2cnccc12. The number of nitrogens with one attached hydrogen (secondary N) is 1. The van der Waals surface area contributed by atoms with E-state index in [2.05, 4.69) is 10.3 Å². The minimum atomic E-state index is -0.326. The van der Waals surface area contributed by atoms with Gasteiger partial charge in [0.1, 0.15) is 12.0 Å². The van der Waals surface area contributed by atoms with Crippen LogP contribution in [-0.2, 0) is 9.59 Å². The Bertz CT molecular complexity index is 564. The first-order valence-corrected chi connectivity index (χ1v) is 5.47. The molecule has 0 bridgehead atoms. The van der Waals surface area contributed by atoms with Gasteiger partial charge in [-0.1, -0.05) is 12.1 Å². The molecule has 0 saturated carbocycles. The first-order chi connectivity index (χ1) is 8.81. The molecule has 1 heterocycles. The topological polar surface area (TPSA) is 68.3 Å². The van der Waals surface area contributed by atoms with Gasteiger partial charge < -0.3 is 14.8 Å². The Morgan fingerprint density at radius 2 is 2.28 bits per heavy atom. The van der Waals surface area contributed by atoms with Gasteiger partial charge >= 0.3 is 0 Å². The van der Waals surface area contributed by atoms with Crippen molar-refractivity contribution in [2.24, 2.45) is 0 Å². The van der Waals surface area contributed by atoms with E-state index in [9.17, 15) is 9.59 Å². The maximum atomic E-state index is 11.3. The molecule has 0 aliphatic heterocycles. The monoisotopic (exact) mass is 244 g/mol. The molecule has 5 nitrogen and oxygen atoms in total. The summed E-state index contributed by atoms with van der Waals surface area (Å²) in [5, 5.41) is 4.25. The zero-order valence-corrected chi connectivity index (χ0v) is 9.63. The maximum Gasteiger partial charge on any atom is 0.258 e. The number of rotatable bonds is 5. The quantitative estimate of drug-likeness (QED) is 0.794. The largest absolute Gasteiger partial charge is 0.483 e. The van der Waals surface area contributed by atoms with Crippen LogP contribution in [-0.4, -0.2) is 30.3 Å². The highest BCUT2D eigenvalue weighted by molar-refractivity contribution is 5.88. The Morgan fingerprint density at radius 3 is 3.11 bits per heavy atom. The lowest BCUT2D eigenvalue weighted by Crippen LogP contribution is -2.30. The molecule has 0 unspecified atom stereocenters. The first-order valence-electron chi connectivity index (χ1n) is 5.47. The molecule has 92 valence electrons. The van der Waals surface area contributed by atoms with Crippen LogP contribution in [0.5, 0.6) is 5.75 Å². The number of nitrogens with zero attached hydrogens (tertiary/aromatic N) is 1. The van der Waals surface area contributed by atoms with Gasteiger partial charge in [-0.25, -0.2) is 0 Å². The van der Waals surface area contributed by atoms with Crippen LogP contribution < -0.4 is 10.1 Å². The van der Waals surface area contributed by atoms with E-state index in [0.717, 1.165) is 10.8 Å². The van der Waals surface area contributed by atoms with Crippen LogP contribution in [0.2, 0.25) is 0 Å². The average molecular weight is 244 g/mol. The van der Waals surface area contributed by atoms with Crippen molar-refractivity contribution >= 4 is 23.0 Å². The second-order valence-electron chi connectivity index (χ2n) is 3.61. The first kappa shape index (κ1) is 12.0. The van der Waals surface area contributed by atoms with Crippen LogP contribution >= 0.6 is 0 Å². The summed E-state index contributed by atoms with van der Waals surface area (Å²) in [5.74, 6) is 0.296. The Labute approximate surface area is 104 Å². The van der Waals surface area contributed by atoms with E-state index in [1.807, 2.05) is 18.2 Å². The van der Waals surface area contributed by atoms with Crippen LogP contribution in [0.4, 0.5) is 0 Å². The summed E-state index contributed by atoms with van der Waals surface area (Å²) in [6, 6.07) is 7.37. The average Bonchev–Trinajstić information content (AvgIpc) is 2.42. The van der Waals surface area contributed by atoms with Gasteiger partial charge in [-0.3, -0.25) is 9.78 Å². The van der Waals surface area contributed by atoms with Crippen molar-refractivity contribution in [3.05, 3.63) is 36.7 Å². The number of hydrogen-bond acceptors (Lipinski definition) is 4. The minimum absolute atomic E-state index is 0.00164. The highest BCUT2D eigenvalue weighted by Gasteiger charge is 2.05. The Kier molecular flexibility index (Phi) is 3.86. The van der Waals surface area contributed by atoms with Gasteiger partial charge in [0.25, 0.3) is 5.91 Å². The third kappa shape index (κ3) is 2.82. The van der Waals surface area contributed by atoms with E-state index in [4.69, 9.17) is 4.74 Å². The number of benzene rings is 1. The normalized spacial score (nSPS) is 10.0. The van der Waals surface area contributed by atoms with Crippen molar-refractivity contribution in [2.45, 2.75) is 0 Å². The summed E-state index contributed by atoms with van der Waals surface area (Å²) in [7, 11) is 0. The molecule has 0 aliphatic rings. The van der Waals surface area contributed by atoms with Crippen molar-refractivity contribution in [1.82, 2.24) is 10.3 Å². The molecule has 1 aromatic carbocycles. The van der Waals surface area contributed by atoms with Crippen LogP contribution in [0.3, 0.4) is 0 Å². The third-order valence-corrected chi connectivity index (χ3v) is 2.38. The van der Waals surface area contributed by atoms with E-state index < -0.39 is 0 Å². The second-order valence-corrected chi connectivity index (χ2v) is 3.61. The van der Waals surface area contributed by atoms with Crippen molar-refractivity contribution in [1.29, 1.82) is 0 Å². The highest BCUT2D eigenvalue weighted by atomic mass is 16.5.